The number of carbonyl (C=O) groups excluding carboxylic acids is 1. The zero-order valence-electron chi connectivity index (χ0n) is 16.8. The van der Waals surface area contributed by atoms with Crippen molar-refractivity contribution in [2.24, 2.45) is 0 Å². The molecule has 0 saturated carbocycles. The summed E-state index contributed by atoms with van der Waals surface area (Å²) in [5.41, 5.74) is 5.04. The molecule has 0 aliphatic heterocycles. The highest BCUT2D eigenvalue weighted by molar-refractivity contribution is 5.96. The van der Waals surface area contributed by atoms with Crippen molar-refractivity contribution in [2.45, 2.75) is 26.8 Å². The first-order chi connectivity index (χ1) is 14.6. The highest BCUT2D eigenvalue weighted by Gasteiger charge is 2.14. The Balaban J connectivity index is 1.71. The topological polar surface area (TPSA) is 98.5 Å². The second kappa shape index (κ2) is 8.60. The number of nitrogens with zero attached hydrogens (tertiary/aromatic N) is 6. The van der Waals surface area contributed by atoms with Gasteiger partial charge in [0.2, 0.25) is 0 Å². The predicted molar refractivity (Wildman–Crippen MR) is 112 cm³/mol. The lowest BCUT2D eigenvalue weighted by Gasteiger charge is -2.11. The predicted octanol–water partition coefficient (Wildman–Crippen LogP) is 2.92. The fourth-order valence-electron chi connectivity index (χ4n) is 3.10. The summed E-state index contributed by atoms with van der Waals surface area (Å²) in [7, 11) is 0. The molecule has 2 aromatic heterocycles. The van der Waals surface area contributed by atoms with Crippen LogP contribution in [0.5, 0.6) is 0 Å². The molecule has 0 spiro atoms. The van der Waals surface area contributed by atoms with E-state index in [1.807, 2.05) is 50.2 Å². The maximum Gasteiger partial charge on any atom is 0.251 e. The van der Waals surface area contributed by atoms with Gasteiger partial charge in [0.15, 0.2) is 5.82 Å². The lowest BCUT2D eigenvalue weighted by atomic mass is 10.0. The molecule has 8 nitrogen and oxygen atoms in total. The van der Waals surface area contributed by atoms with Gasteiger partial charge < -0.3 is 5.32 Å². The monoisotopic (exact) mass is 399 g/mol. The second-order valence-corrected chi connectivity index (χ2v) is 6.87. The molecule has 0 bridgehead atoms. The maximum absolute atomic E-state index is 12.9. The van der Waals surface area contributed by atoms with Crippen molar-refractivity contribution in [1.29, 1.82) is 0 Å². The Labute approximate surface area is 174 Å². The maximum atomic E-state index is 12.9. The van der Waals surface area contributed by atoms with E-state index in [0.717, 1.165) is 22.6 Å². The van der Waals surface area contributed by atoms with Crippen LogP contribution in [0, 0.1) is 6.92 Å². The van der Waals surface area contributed by atoms with Crippen LogP contribution in [0.4, 0.5) is 0 Å². The lowest BCUT2D eigenvalue weighted by Crippen LogP contribution is -2.23. The van der Waals surface area contributed by atoms with Gasteiger partial charge in [-0.2, -0.15) is 4.68 Å². The summed E-state index contributed by atoms with van der Waals surface area (Å²) in [5.74, 6) is 0.518. The molecule has 4 aromatic rings. The quantitative estimate of drug-likeness (QED) is 0.535. The Morgan fingerprint density at radius 1 is 1.07 bits per heavy atom. The van der Waals surface area contributed by atoms with Gasteiger partial charge in [0.1, 0.15) is 0 Å². The normalized spacial score (nSPS) is 10.7. The van der Waals surface area contributed by atoms with Gasteiger partial charge in [-0.05, 0) is 46.7 Å². The van der Waals surface area contributed by atoms with Crippen LogP contribution in [-0.2, 0) is 13.0 Å². The SMILES string of the molecule is CCc1nnnn1-c1cc(C(=O)NCc2cnccn2)cc(-c2ccc(C)cc2)c1. The number of aromatic nitrogens is 6. The number of hydrogen-bond donors (Lipinski definition) is 1. The van der Waals surface area contributed by atoms with Crippen molar-refractivity contribution in [3.63, 3.8) is 0 Å². The molecule has 1 N–H and O–H groups in total. The van der Waals surface area contributed by atoms with Crippen LogP contribution in [0.1, 0.15) is 34.4 Å². The number of nitrogens with one attached hydrogen (secondary N) is 1. The van der Waals surface area contributed by atoms with Gasteiger partial charge in [-0.3, -0.25) is 14.8 Å². The van der Waals surface area contributed by atoms with Crippen molar-refractivity contribution < 1.29 is 4.79 Å². The molecule has 30 heavy (non-hydrogen) atoms. The molecule has 2 heterocycles. The van der Waals surface area contributed by atoms with E-state index in [1.165, 1.54) is 5.56 Å². The summed E-state index contributed by atoms with van der Waals surface area (Å²) in [6.07, 6.45) is 5.50. The summed E-state index contributed by atoms with van der Waals surface area (Å²) >= 11 is 0. The van der Waals surface area contributed by atoms with Crippen molar-refractivity contribution in [1.82, 2.24) is 35.5 Å². The minimum atomic E-state index is -0.206. The summed E-state index contributed by atoms with van der Waals surface area (Å²) in [5, 5.41) is 14.9. The molecular weight excluding hydrogens is 378 g/mol. The highest BCUT2D eigenvalue weighted by Crippen LogP contribution is 2.25. The van der Waals surface area contributed by atoms with E-state index in [1.54, 1.807) is 29.3 Å². The van der Waals surface area contributed by atoms with Crippen molar-refractivity contribution in [3.8, 4) is 16.8 Å². The first-order valence-electron chi connectivity index (χ1n) is 9.67. The summed E-state index contributed by atoms with van der Waals surface area (Å²) < 4.78 is 1.66. The molecule has 4 rings (SSSR count). The Bertz CT molecular complexity index is 1150. The number of aryl methyl sites for hydroxylation is 2. The molecule has 0 radical (unpaired) electrons. The first-order valence-corrected chi connectivity index (χ1v) is 9.67. The van der Waals surface area contributed by atoms with Gasteiger partial charge in [-0.15, -0.1) is 5.10 Å². The van der Waals surface area contributed by atoms with E-state index in [9.17, 15) is 4.79 Å². The third-order valence-corrected chi connectivity index (χ3v) is 4.71. The third kappa shape index (κ3) is 4.22. The first kappa shape index (κ1) is 19.4. The number of benzene rings is 2. The molecule has 0 unspecified atom stereocenters. The zero-order chi connectivity index (χ0) is 20.9. The highest BCUT2D eigenvalue weighted by atomic mass is 16.1. The van der Waals surface area contributed by atoms with E-state index in [0.29, 0.717) is 24.2 Å². The third-order valence-electron chi connectivity index (χ3n) is 4.71. The molecule has 0 aliphatic rings. The van der Waals surface area contributed by atoms with E-state index in [-0.39, 0.29) is 5.91 Å². The molecule has 0 atom stereocenters. The average molecular weight is 399 g/mol. The molecule has 1 amide bonds. The van der Waals surface area contributed by atoms with Gasteiger partial charge in [-0.1, -0.05) is 36.8 Å². The minimum absolute atomic E-state index is 0.206. The van der Waals surface area contributed by atoms with Gasteiger partial charge in [-0.25, -0.2) is 0 Å². The number of rotatable bonds is 6. The Morgan fingerprint density at radius 2 is 1.90 bits per heavy atom. The fraction of sp³-hybridized carbons (Fsp3) is 0.182. The van der Waals surface area contributed by atoms with Crippen LogP contribution in [-0.4, -0.2) is 36.1 Å². The summed E-state index contributed by atoms with van der Waals surface area (Å²) in [4.78, 5) is 21.1. The molecular formula is C22H21N7O. The van der Waals surface area contributed by atoms with Crippen molar-refractivity contribution >= 4 is 5.91 Å². The van der Waals surface area contributed by atoms with Crippen LogP contribution in [0.3, 0.4) is 0 Å². The van der Waals surface area contributed by atoms with Crippen LogP contribution >= 0.6 is 0 Å². The van der Waals surface area contributed by atoms with Gasteiger partial charge in [0, 0.05) is 24.4 Å². The van der Waals surface area contributed by atoms with Gasteiger partial charge in [0.25, 0.3) is 5.91 Å². The summed E-state index contributed by atoms with van der Waals surface area (Å²) in [6.45, 7) is 4.32. The molecule has 0 aliphatic carbocycles. The Kier molecular flexibility index (Phi) is 5.56. The van der Waals surface area contributed by atoms with Gasteiger partial charge >= 0.3 is 0 Å². The lowest BCUT2D eigenvalue weighted by molar-refractivity contribution is 0.0950. The van der Waals surface area contributed by atoms with Crippen LogP contribution in [0.25, 0.3) is 16.8 Å². The molecule has 0 saturated heterocycles. The van der Waals surface area contributed by atoms with E-state index in [4.69, 9.17) is 0 Å². The number of carbonyl (C=O) groups is 1. The fourth-order valence-corrected chi connectivity index (χ4v) is 3.10. The Hall–Kier alpha value is -3.94. The number of tetrazole rings is 1. The van der Waals surface area contributed by atoms with Crippen LogP contribution < -0.4 is 5.32 Å². The minimum Gasteiger partial charge on any atom is -0.346 e. The Morgan fingerprint density at radius 3 is 2.63 bits per heavy atom. The molecule has 150 valence electrons. The van der Waals surface area contributed by atoms with Gasteiger partial charge in [0.05, 0.1) is 24.1 Å². The largest absolute Gasteiger partial charge is 0.346 e. The molecule has 0 fully saturated rings. The smallest absolute Gasteiger partial charge is 0.251 e. The molecule has 8 heteroatoms. The standard InChI is InChI=1S/C22H21N7O/c1-3-21-26-27-28-29(21)20-11-17(16-6-4-15(2)5-7-16)10-18(12-20)22(30)25-14-19-13-23-8-9-24-19/h4-13H,3,14H2,1-2H3,(H,25,30). The van der Waals surface area contributed by atoms with Crippen LogP contribution in [0.15, 0.2) is 61.1 Å². The zero-order valence-corrected chi connectivity index (χ0v) is 16.8. The molecule has 2 aromatic carbocycles. The summed E-state index contributed by atoms with van der Waals surface area (Å²) in [6, 6.07) is 13.8. The van der Waals surface area contributed by atoms with E-state index < -0.39 is 0 Å². The van der Waals surface area contributed by atoms with E-state index in [2.05, 4.69) is 30.8 Å². The van der Waals surface area contributed by atoms with Crippen molar-refractivity contribution in [3.05, 3.63) is 83.7 Å². The second-order valence-electron chi connectivity index (χ2n) is 6.87. The number of amides is 1. The van der Waals surface area contributed by atoms with E-state index >= 15 is 0 Å². The average Bonchev–Trinajstić information content (AvgIpc) is 3.27. The van der Waals surface area contributed by atoms with Crippen molar-refractivity contribution in [2.75, 3.05) is 0 Å². The number of hydrogen-bond acceptors (Lipinski definition) is 6. The van der Waals surface area contributed by atoms with Crippen LogP contribution in [0.2, 0.25) is 0 Å².